The summed E-state index contributed by atoms with van der Waals surface area (Å²) in [7, 11) is 0. The molecule has 0 fully saturated rings. The molecule has 0 saturated heterocycles. The fraction of sp³-hybridized carbons (Fsp3) is 0.370. The van der Waals surface area contributed by atoms with Crippen LogP contribution in [-0.4, -0.2) is 44.1 Å². The third kappa shape index (κ3) is 7.88. The second-order valence-corrected chi connectivity index (χ2v) is 10.0. The normalized spacial score (nSPS) is 13.7. The maximum atomic E-state index is 14.7. The fourth-order valence-corrected chi connectivity index (χ4v) is 3.72. The molecule has 10 nitrogen and oxygen atoms in total. The maximum absolute atomic E-state index is 14.7. The lowest BCUT2D eigenvalue weighted by Gasteiger charge is -2.32. The highest BCUT2D eigenvalue weighted by Gasteiger charge is 2.61. The van der Waals surface area contributed by atoms with Crippen molar-refractivity contribution in [2.75, 3.05) is 5.32 Å². The predicted octanol–water partition coefficient (Wildman–Crippen LogP) is 7.14. The first-order valence-corrected chi connectivity index (χ1v) is 12.4. The lowest BCUT2D eigenvalue weighted by molar-refractivity contribution is -0.299. The number of anilines is 1. The molecule has 16 heteroatoms. The van der Waals surface area contributed by atoms with E-state index in [4.69, 9.17) is 13.9 Å². The molecule has 0 bridgehead atoms. The highest BCUT2D eigenvalue weighted by Crippen LogP contribution is 2.47. The topological polar surface area (TPSA) is 137 Å². The summed E-state index contributed by atoms with van der Waals surface area (Å²) in [5.41, 5.74) is -8.95. The van der Waals surface area contributed by atoms with E-state index in [1.165, 1.54) is 39.0 Å². The van der Waals surface area contributed by atoms with Gasteiger partial charge in [-0.25, -0.2) is 14.6 Å². The zero-order valence-electron chi connectivity index (χ0n) is 23.0. The number of carboxylic acids is 1. The largest absolute Gasteiger partial charge is 0.476 e. The van der Waals surface area contributed by atoms with Crippen LogP contribution in [0.1, 0.15) is 61.1 Å². The zero-order valence-corrected chi connectivity index (χ0v) is 23.0. The number of nitrogens with one attached hydrogen (secondary N) is 1. The Bertz CT molecular complexity index is 1470. The van der Waals surface area contributed by atoms with Crippen LogP contribution in [0.4, 0.5) is 36.8 Å². The molecular formula is C27H26F6N4O6. The number of aromatic nitrogens is 3. The average Bonchev–Trinajstić information content (AvgIpc) is 3.37. The molecule has 232 valence electrons. The second-order valence-electron chi connectivity index (χ2n) is 10.0. The summed E-state index contributed by atoms with van der Waals surface area (Å²) in [6, 6.07) is 8.06. The van der Waals surface area contributed by atoms with E-state index in [9.17, 15) is 41.0 Å². The minimum Gasteiger partial charge on any atom is -0.476 e. The maximum Gasteiger partial charge on any atom is 0.426 e. The number of pyridine rings is 1. The first kappa shape index (κ1) is 33.0. The molecule has 43 heavy (non-hydrogen) atoms. The number of carboxylic acid groups (broad SMARTS) is 1. The van der Waals surface area contributed by atoms with E-state index >= 15 is 0 Å². The Morgan fingerprint density at radius 2 is 1.72 bits per heavy atom. The summed E-state index contributed by atoms with van der Waals surface area (Å²) in [6.07, 6.45) is -11.5. The van der Waals surface area contributed by atoms with Crippen molar-refractivity contribution in [3.8, 4) is 11.6 Å². The third-order valence-electron chi connectivity index (χ3n) is 5.63. The van der Waals surface area contributed by atoms with Crippen molar-refractivity contribution in [2.45, 2.75) is 63.8 Å². The molecule has 3 rings (SSSR count). The van der Waals surface area contributed by atoms with Gasteiger partial charge < -0.3 is 19.0 Å². The summed E-state index contributed by atoms with van der Waals surface area (Å²) in [5, 5.41) is 18.4. The molecule has 0 aliphatic carbocycles. The van der Waals surface area contributed by atoms with Gasteiger partial charge in [0.15, 0.2) is 11.4 Å². The summed E-state index contributed by atoms with van der Waals surface area (Å²) < 4.78 is 101. The Kier molecular flexibility index (Phi) is 9.53. The molecule has 0 saturated carbocycles. The van der Waals surface area contributed by atoms with Crippen LogP contribution in [0.5, 0.6) is 0 Å². The quantitative estimate of drug-likeness (QED) is 0.180. The van der Waals surface area contributed by atoms with Crippen LogP contribution in [-0.2, 0) is 27.9 Å². The second kappa shape index (κ2) is 12.4. The molecule has 2 N–H and O–H groups in total. The van der Waals surface area contributed by atoms with E-state index in [2.05, 4.69) is 21.8 Å². The van der Waals surface area contributed by atoms with Gasteiger partial charge in [-0.05, 0) is 45.2 Å². The van der Waals surface area contributed by atoms with Crippen LogP contribution < -0.4 is 5.32 Å². The van der Waals surface area contributed by atoms with E-state index in [1.54, 1.807) is 18.2 Å². The van der Waals surface area contributed by atoms with Gasteiger partial charge in [0.25, 0.3) is 11.8 Å². The lowest BCUT2D eigenvalue weighted by Crippen LogP contribution is -2.45. The van der Waals surface area contributed by atoms with Crippen molar-refractivity contribution in [1.82, 2.24) is 15.2 Å². The molecule has 2 heterocycles. The molecule has 0 aliphatic heterocycles. The van der Waals surface area contributed by atoms with Gasteiger partial charge in [-0.1, -0.05) is 36.4 Å². The third-order valence-corrected chi connectivity index (χ3v) is 5.63. The van der Waals surface area contributed by atoms with E-state index in [-0.39, 0.29) is 12.5 Å². The Morgan fingerprint density at radius 3 is 2.26 bits per heavy atom. The Hall–Kier alpha value is -4.47. The van der Waals surface area contributed by atoms with Gasteiger partial charge in [0, 0.05) is 0 Å². The van der Waals surface area contributed by atoms with Crippen molar-refractivity contribution in [2.24, 2.45) is 0 Å². The van der Waals surface area contributed by atoms with Gasteiger partial charge >= 0.3 is 24.4 Å². The number of ether oxygens (including phenoxy) is 2. The van der Waals surface area contributed by atoms with Crippen molar-refractivity contribution < 1.29 is 54.9 Å². The number of nitrogens with zero attached hydrogens (tertiary/aromatic N) is 3. The van der Waals surface area contributed by atoms with Crippen LogP contribution in [0.25, 0.3) is 11.6 Å². The zero-order chi connectivity index (χ0) is 32.2. The number of benzene rings is 1. The molecule has 1 atom stereocenters. The number of allylic oxidation sites excluding steroid dienone is 1. The van der Waals surface area contributed by atoms with Crippen LogP contribution in [0, 0.1) is 0 Å². The van der Waals surface area contributed by atoms with Crippen LogP contribution in [0.3, 0.4) is 0 Å². The summed E-state index contributed by atoms with van der Waals surface area (Å²) in [6.45, 7) is 7.25. The van der Waals surface area contributed by atoms with E-state index < -0.39 is 83.1 Å². The van der Waals surface area contributed by atoms with Gasteiger partial charge in [-0.15, -0.1) is 16.8 Å². The Morgan fingerprint density at radius 1 is 1.07 bits per heavy atom. The number of amides is 1. The summed E-state index contributed by atoms with van der Waals surface area (Å²) in [5.74, 6) is -4.21. The highest BCUT2D eigenvalue weighted by molar-refractivity contribution is 5.93. The van der Waals surface area contributed by atoms with Crippen molar-refractivity contribution in [1.29, 1.82) is 0 Å². The van der Waals surface area contributed by atoms with Crippen molar-refractivity contribution >= 4 is 17.7 Å². The van der Waals surface area contributed by atoms with Crippen LogP contribution in [0.2, 0.25) is 0 Å². The minimum atomic E-state index is -5.26. The first-order chi connectivity index (χ1) is 19.9. The highest BCUT2D eigenvalue weighted by atomic mass is 19.4. The SMILES string of the molecule is C=CCC[C@@](OCc1ccccc1)(c1nnc(-c2nc(C(=O)O)c(C(F)(F)F)cc2NC(=O)OC(C)(C)C)o1)C(F)(F)F. The van der Waals surface area contributed by atoms with Gasteiger partial charge in [-0.2, -0.15) is 26.3 Å². The standard InChI is InChI=1S/C27H26F6N4O6/c1-5-6-12-25(27(31,32)33,41-14-15-10-8-7-9-11-15)22-37-36-20(42-22)19-17(34-23(40)43-24(2,3)4)13-16(26(28,29)30)18(35-19)21(38)39/h5,7-11,13H,1,6,12,14H2,2-4H3,(H,34,40)(H,38,39)/t25-/m1/s1. The monoisotopic (exact) mass is 616 g/mol. The first-order valence-electron chi connectivity index (χ1n) is 12.4. The predicted molar refractivity (Wildman–Crippen MR) is 138 cm³/mol. The molecular weight excluding hydrogens is 590 g/mol. The molecule has 2 aromatic heterocycles. The van der Waals surface area contributed by atoms with Gasteiger partial charge in [0.2, 0.25) is 5.60 Å². The van der Waals surface area contributed by atoms with Gasteiger partial charge in [0.05, 0.1) is 17.9 Å². The number of carbonyl (C=O) groups is 2. The van der Waals surface area contributed by atoms with Gasteiger partial charge in [-0.3, -0.25) is 5.32 Å². The number of hydrogen-bond acceptors (Lipinski definition) is 8. The number of rotatable bonds is 10. The molecule has 1 aromatic carbocycles. The molecule has 0 radical (unpaired) electrons. The minimum absolute atomic E-state index is 0.222. The number of carbonyl (C=O) groups excluding carboxylic acids is 1. The van der Waals surface area contributed by atoms with Crippen molar-refractivity contribution in [3.05, 3.63) is 71.8 Å². The average molecular weight is 617 g/mol. The Labute approximate surface area is 240 Å². The van der Waals surface area contributed by atoms with Crippen LogP contribution >= 0.6 is 0 Å². The fourth-order valence-electron chi connectivity index (χ4n) is 3.72. The number of aromatic carboxylic acids is 1. The smallest absolute Gasteiger partial charge is 0.426 e. The number of halogens is 6. The number of alkyl halides is 6. The Balaban J connectivity index is 2.21. The van der Waals surface area contributed by atoms with Crippen LogP contribution in [0.15, 0.2) is 53.5 Å². The van der Waals surface area contributed by atoms with E-state index in [0.29, 0.717) is 5.56 Å². The molecule has 1 amide bonds. The lowest BCUT2D eigenvalue weighted by atomic mass is 9.96. The van der Waals surface area contributed by atoms with E-state index in [0.717, 1.165) is 0 Å². The molecule has 0 aliphatic rings. The van der Waals surface area contributed by atoms with E-state index in [1.807, 2.05) is 5.32 Å². The van der Waals surface area contributed by atoms with Crippen molar-refractivity contribution in [3.63, 3.8) is 0 Å². The molecule has 3 aromatic rings. The summed E-state index contributed by atoms with van der Waals surface area (Å²) >= 11 is 0. The molecule has 0 unspecified atom stereocenters. The summed E-state index contributed by atoms with van der Waals surface area (Å²) in [4.78, 5) is 27.6. The van der Waals surface area contributed by atoms with Gasteiger partial charge in [0.1, 0.15) is 5.60 Å². The molecule has 0 spiro atoms. The number of hydrogen-bond donors (Lipinski definition) is 2.